The summed E-state index contributed by atoms with van der Waals surface area (Å²) >= 11 is 1.68. The van der Waals surface area contributed by atoms with Gasteiger partial charge in [0.1, 0.15) is 10.0 Å². The van der Waals surface area contributed by atoms with E-state index in [4.69, 9.17) is 0 Å². The minimum Gasteiger partial charge on any atom is -0.143 e. The summed E-state index contributed by atoms with van der Waals surface area (Å²) < 4.78 is 0. The van der Waals surface area contributed by atoms with Gasteiger partial charge in [0.15, 0.2) is 0 Å². The van der Waals surface area contributed by atoms with Crippen molar-refractivity contribution in [2.75, 3.05) is 0 Å². The molecule has 3 heteroatoms. The highest BCUT2D eigenvalue weighted by molar-refractivity contribution is 7.14. The molecule has 0 unspecified atom stereocenters. The van der Waals surface area contributed by atoms with Crippen LogP contribution in [0.15, 0.2) is 24.3 Å². The lowest BCUT2D eigenvalue weighted by Crippen LogP contribution is -1.83. The zero-order valence-corrected chi connectivity index (χ0v) is 12.7. The third-order valence-electron chi connectivity index (χ3n) is 2.20. The van der Waals surface area contributed by atoms with Gasteiger partial charge in [-0.1, -0.05) is 69.2 Å². The van der Waals surface area contributed by atoms with Gasteiger partial charge in [0.25, 0.3) is 0 Å². The number of aryl methyl sites for hydroxylation is 1. The number of benzene rings is 1. The van der Waals surface area contributed by atoms with Gasteiger partial charge in [0, 0.05) is 11.5 Å². The Morgan fingerprint density at radius 1 is 1.17 bits per heavy atom. The van der Waals surface area contributed by atoms with Crippen LogP contribution >= 0.6 is 11.3 Å². The fraction of sp³-hybridized carbons (Fsp3) is 0.467. The molecule has 0 aliphatic heterocycles. The Labute approximate surface area is 114 Å². The molecule has 2 rings (SSSR count). The van der Waals surface area contributed by atoms with Crippen LogP contribution in [0.2, 0.25) is 0 Å². The first-order chi connectivity index (χ1) is 8.58. The highest BCUT2D eigenvalue weighted by Crippen LogP contribution is 2.27. The fourth-order valence-electron chi connectivity index (χ4n) is 1.36. The quantitative estimate of drug-likeness (QED) is 0.756. The van der Waals surface area contributed by atoms with Crippen LogP contribution in [0.4, 0.5) is 0 Å². The summed E-state index contributed by atoms with van der Waals surface area (Å²) in [5.41, 5.74) is 2.42. The van der Waals surface area contributed by atoms with Crippen LogP contribution in [0.5, 0.6) is 0 Å². The minimum absolute atomic E-state index is 0.459. The Hall–Kier alpha value is -1.22. The Balaban J connectivity index is 0.000000492. The standard InChI is InChI=1S/C12H14N2S.C3H8/c1-8(2)11-13-14-12(15-11)10-6-4-5-9(3)7-10;1-3-2/h4-8H,1-3H3;3H2,1-2H3. The highest BCUT2D eigenvalue weighted by atomic mass is 32.1. The maximum absolute atomic E-state index is 4.22. The summed E-state index contributed by atoms with van der Waals surface area (Å²) in [5, 5.41) is 10.5. The monoisotopic (exact) mass is 262 g/mol. The van der Waals surface area contributed by atoms with E-state index in [1.807, 2.05) is 0 Å². The van der Waals surface area contributed by atoms with Crippen molar-refractivity contribution in [2.24, 2.45) is 0 Å². The highest BCUT2D eigenvalue weighted by Gasteiger charge is 2.08. The van der Waals surface area contributed by atoms with Gasteiger partial charge >= 0.3 is 0 Å². The topological polar surface area (TPSA) is 25.8 Å². The molecule has 1 aromatic carbocycles. The average molecular weight is 262 g/mol. The fourth-order valence-corrected chi connectivity index (χ4v) is 2.20. The number of rotatable bonds is 2. The molecule has 2 nitrogen and oxygen atoms in total. The Morgan fingerprint density at radius 3 is 2.33 bits per heavy atom. The van der Waals surface area contributed by atoms with E-state index in [1.165, 1.54) is 17.5 Å². The van der Waals surface area contributed by atoms with Gasteiger partial charge in [-0.05, 0) is 13.0 Å². The van der Waals surface area contributed by atoms with Crippen LogP contribution in [-0.2, 0) is 0 Å². The lowest BCUT2D eigenvalue weighted by molar-refractivity contribution is 0.825. The van der Waals surface area contributed by atoms with Gasteiger partial charge in [0.2, 0.25) is 0 Å². The van der Waals surface area contributed by atoms with Crippen LogP contribution < -0.4 is 0 Å². The predicted molar refractivity (Wildman–Crippen MR) is 80.1 cm³/mol. The van der Waals surface area contributed by atoms with Gasteiger partial charge in [-0.2, -0.15) is 0 Å². The van der Waals surface area contributed by atoms with E-state index < -0.39 is 0 Å². The molecule has 2 aromatic rings. The number of hydrogen-bond acceptors (Lipinski definition) is 3. The normalized spacial score (nSPS) is 10.1. The smallest absolute Gasteiger partial charge is 0.143 e. The molecule has 0 radical (unpaired) electrons. The zero-order chi connectivity index (χ0) is 13.5. The van der Waals surface area contributed by atoms with Crippen molar-refractivity contribution in [1.82, 2.24) is 10.2 Å². The average Bonchev–Trinajstić information content (AvgIpc) is 2.79. The lowest BCUT2D eigenvalue weighted by Gasteiger charge is -1.97. The molecule has 0 N–H and O–H groups in total. The van der Waals surface area contributed by atoms with Gasteiger partial charge in [0.05, 0.1) is 0 Å². The van der Waals surface area contributed by atoms with Gasteiger partial charge in [-0.15, -0.1) is 10.2 Å². The van der Waals surface area contributed by atoms with E-state index in [-0.39, 0.29) is 0 Å². The molecule has 0 bridgehead atoms. The molecule has 1 heterocycles. The van der Waals surface area contributed by atoms with Crippen molar-refractivity contribution in [2.45, 2.75) is 47.0 Å². The van der Waals surface area contributed by atoms with Crippen molar-refractivity contribution >= 4 is 11.3 Å². The van der Waals surface area contributed by atoms with Crippen LogP contribution in [0.25, 0.3) is 10.6 Å². The molecule has 98 valence electrons. The van der Waals surface area contributed by atoms with E-state index in [2.05, 4.69) is 69.1 Å². The molecule has 0 aliphatic carbocycles. The second-order valence-corrected chi connectivity index (χ2v) is 5.69. The third-order valence-corrected chi connectivity index (χ3v) is 3.47. The second-order valence-electron chi connectivity index (χ2n) is 4.68. The van der Waals surface area contributed by atoms with Crippen LogP contribution in [0.3, 0.4) is 0 Å². The Kier molecular flexibility index (Phi) is 5.99. The van der Waals surface area contributed by atoms with Crippen molar-refractivity contribution < 1.29 is 0 Å². The summed E-state index contributed by atoms with van der Waals surface area (Å²) in [5.74, 6) is 0.459. The number of aromatic nitrogens is 2. The molecule has 0 saturated heterocycles. The molecular formula is C15H22N2S. The molecule has 1 aromatic heterocycles. The molecule has 18 heavy (non-hydrogen) atoms. The van der Waals surface area contributed by atoms with Gasteiger partial charge in [-0.25, -0.2) is 0 Å². The first-order valence-corrected chi connectivity index (χ1v) is 7.30. The number of nitrogens with zero attached hydrogens (tertiary/aromatic N) is 2. The molecule has 0 spiro atoms. The SMILES string of the molecule is CCC.Cc1cccc(-c2nnc(C(C)C)s2)c1. The van der Waals surface area contributed by atoms with Gasteiger partial charge in [-0.3, -0.25) is 0 Å². The molecule has 0 saturated carbocycles. The van der Waals surface area contributed by atoms with E-state index >= 15 is 0 Å². The van der Waals surface area contributed by atoms with Crippen LogP contribution in [0, 0.1) is 6.92 Å². The van der Waals surface area contributed by atoms with E-state index in [9.17, 15) is 0 Å². The van der Waals surface area contributed by atoms with Crippen molar-refractivity contribution in [3.8, 4) is 10.6 Å². The molecule has 0 fully saturated rings. The van der Waals surface area contributed by atoms with Crippen LogP contribution in [-0.4, -0.2) is 10.2 Å². The van der Waals surface area contributed by atoms with E-state index in [0.717, 1.165) is 10.0 Å². The summed E-state index contributed by atoms with van der Waals surface area (Å²) in [4.78, 5) is 0. The second kappa shape index (κ2) is 7.27. The molecule has 0 amide bonds. The summed E-state index contributed by atoms with van der Waals surface area (Å²) in [6.45, 7) is 10.6. The minimum atomic E-state index is 0.459. The number of hydrogen-bond donors (Lipinski definition) is 0. The lowest BCUT2D eigenvalue weighted by atomic mass is 10.1. The Morgan fingerprint density at radius 2 is 1.83 bits per heavy atom. The maximum atomic E-state index is 4.22. The third kappa shape index (κ3) is 4.22. The molecule has 0 atom stereocenters. The van der Waals surface area contributed by atoms with Crippen molar-refractivity contribution in [1.29, 1.82) is 0 Å². The maximum Gasteiger partial charge on any atom is 0.147 e. The van der Waals surface area contributed by atoms with E-state index in [1.54, 1.807) is 11.3 Å². The van der Waals surface area contributed by atoms with Crippen LogP contribution in [0.1, 0.15) is 50.6 Å². The first kappa shape index (κ1) is 14.8. The first-order valence-electron chi connectivity index (χ1n) is 6.48. The van der Waals surface area contributed by atoms with Crippen molar-refractivity contribution in [3.63, 3.8) is 0 Å². The van der Waals surface area contributed by atoms with Crippen molar-refractivity contribution in [3.05, 3.63) is 34.8 Å². The molecule has 0 aliphatic rings. The Bertz CT molecular complexity index is 475. The van der Waals surface area contributed by atoms with Gasteiger partial charge < -0.3 is 0 Å². The summed E-state index contributed by atoms with van der Waals surface area (Å²) in [6.07, 6.45) is 1.25. The summed E-state index contributed by atoms with van der Waals surface area (Å²) in [7, 11) is 0. The van der Waals surface area contributed by atoms with E-state index in [0.29, 0.717) is 5.92 Å². The summed E-state index contributed by atoms with van der Waals surface area (Å²) in [6, 6.07) is 8.37. The predicted octanol–water partition coefficient (Wildman–Crippen LogP) is 5.05. The molecular weight excluding hydrogens is 240 g/mol. The largest absolute Gasteiger partial charge is 0.147 e. The zero-order valence-electron chi connectivity index (χ0n) is 11.9.